The second kappa shape index (κ2) is 5.07. The summed E-state index contributed by atoms with van der Waals surface area (Å²) in [6.45, 7) is 5.04. The highest BCUT2D eigenvalue weighted by atomic mass is 35.5. The number of amides is 1. The predicted molar refractivity (Wildman–Crippen MR) is 76.1 cm³/mol. The fourth-order valence-corrected chi connectivity index (χ4v) is 2.74. The van der Waals surface area contributed by atoms with E-state index >= 15 is 0 Å². The predicted octanol–water partition coefficient (Wildman–Crippen LogP) is 2.24. The van der Waals surface area contributed by atoms with Crippen LogP contribution in [0.25, 0.3) is 5.65 Å². The van der Waals surface area contributed by atoms with Gasteiger partial charge in [-0.2, -0.15) is 0 Å². The molecule has 1 amide bonds. The molecule has 5 nitrogen and oxygen atoms in total. The average molecular weight is 294 g/mol. The van der Waals surface area contributed by atoms with Crippen molar-refractivity contribution in [3.8, 4) is 0 Å². The molecule has 2 atom stereocenters. The van der Waals surface area contributed by atoms with E-state index in [1.54, 1.807) is 15.5 Å². The van der Waals surface area contributed by atoms with Crippen molar-refractivity contribution in [3.05, 3.63) is 35.2 Å². The van der Waals surface area contributed by atoms with Crippen molar-refractivity contribution in [2.45, 2.75) is 26.0 Å². The van der Waals surface area contributed by atoms with Gasteiger partial charge in [0.25, 0.3) is 5.91 Å². The average Bonchev–Trinajstić information content (AvgIpc) is 2.76. The second-order valence-corrected chi connectivity index (χ2v) is 5.49. The summed E-state index contributed by atoms with van der Waals surface area (Å²) in [5.41, 5.74) is 1.10. The Morgan fingerprint density at radius 3 is 3.05 bits per heavy atom. The zero-order chi connectivity index (χ0) is 14.3. The quantitative estimate of drug-likeness (QED) is 0.810. The standard InChI is InChI=1S/C14H16ClN3O2/c1-9-8-20-10(2)7-18(9)14(19)12-13(15)16-11-5-3-4-6-17(11)12/h3-6,9-10H,7-8H2,1-2H3/t9-,10+/m0/s1. The first kappa shape index (κ1) is 13.4. The fourth-order valence-electron chi connectivity index (χ4n) is 2.48. The Hall–Kier alpha value is -1.59. The van der Waals surface area contributed by atoms with Gasteiger partial charge in [0.1, 0.15) is 5.65 Å². The third kappa shape index (κ3) is 2.17. The molecule has 1 fully saturated rings. The SMILES string of the molecule is C[C@@H]1CN(C(=O)c2c(Cl)nc3ccccn23)[C@@H](C)CO1. The lowest BCUT2D eigenvalue weighted by atomic mass is 10.2. The highest BCUT2D eigenvalue weighted by Crippen LogP contribution is 2.22. The van der Waals surface area contributed by atoms with E-state index in [4.69, 9.17) is 16.3 Å². The molecule has 6 heteroatoms. The number of rotatable bonds is 1. The molecular weight excluding hydrogens is 278 g/mol. The van der Waals surface area contributed by atoms with Crippen LogP contribution in [0.1, 0.15) is 24.3 Å². The number of pyridine rings is 1. The lowest BCUT2D eigenvalue weighted by Gasteiger charge is -2.36. The van der Waals surface area contributed by atoms with Gasteiger partial charge in [-0.1, -0.05) is 17.7 Å². The van der Waals surface area contributed by atoms with Crippen LogP contribution in [0.4, 0.5) is 0 Å². The molecule has 2 aromatic rings. The van der Waals surface area contributed by atoms with Gasteiger partial charge in [-0.15, -0.1) is 0 Å². The molecule has 1 aliphatic rings. The van der Waals surface area contributed by atoms with Crippen LogP contribution in [-0.2, 0) is 4.74 Å². The Morgan fingerprint density at radius 1 is 1.45 bits per heavy atom. The van der Waals surface area contributed by atoms with Gasteiger partial charge in [-0.3, -0.25) is 9.20 Å². The summed E-state index contributed by atoms with van der Waals surface area (Å²) in [5, 5.41) is 0.243. The number of ether oxygens (including phenoxy) is 1. The van der Waals surface area contributed by atoms with Crippen LogP contribution in [0.3, 0.4) is 0 Å². The number of hydrogen-bond acceptors (Lipinski definition) is 3. The first-order valence-corrected chi connectivity index (χ1v) is 7.01. The summed E-state index contributed by atoms with van der Waals surface area (Å²) in [5.74, 6) is -0.101. The molecule has 3 rings (SSSR count). The van der Waals surface area contributed by atoms with E-state index in [2.05, 4.69) is 4.98 Å². The molecule has 0 aliphatic carbocycles. The molecule has 0 aromatic carbocycles. The maximum atomic E-state index is 12.8. The van der Waals surface area contributed by atoms with Gasteiger partial charge in [0.05, 0.1) is 18.8 Å². The Labute approximate surface area is 122 Å². The third-order valence-electron chi connectivity index (χ3n) is 3.56. The van der Waals surface area contributed by atoms with E-state index in [0.29, 0.717) is 24.5 Å². The van der Waals surface area contributed by atoms with Gasteiger partial charge in [0, 0.05) is 12.7 Å². The molecule has 0 unspecified atom stereocenters. The molecule has 0 saturated carbocycles. The first-order chi connectivity index (χ1) is 9.58. The number of morpholine rings is 1. The van der Waals surface area contributed by atoms with Gasteiger partial charge in [0.2, 0.25) is 0 Å². The van der Waals surface area contributed by atoms with Gasteiger partial charge < -0.3 is 9.64 Å². The molecule has 0 bridgehead atoms. The molecule has 20 heavy (non-hydrogen) atoms. The summed E-state index contributed by atoms with van der Waals surface area (Å²) < 4.78 is 7.29. The van der Waals surface area contributed by atoms with Crippen LogP contribution in [0.15, 0.2) is 24.4 Å². The maximum absolute atomic E-state index is 12.8. The van der Waals surface area contributed by atoms with E-state index < -0.39 is 0 Å². The van der Waals surface area contributed by atoms with E-state index in [1.165, 1.54) is 0 Å². The van der Waals surface area contributed by atoms with E-state index in [1.807, 2.05) is 32.0 Å². The fraction of sp³-hybridized carbons (Fsp3) is 0.429. The number of nitrogens with zero attached hydrogens (tertiary/aromatic N) is 3. The largest absolute Gasteiger partial charge is 0.375 e. The molecule has 0 N–H and O–H groups in total. The van der Waals surface area contributed by atoms with Crippen LogP contribution in [0, 0.1) is 0 Å². The van der Waals surface area contributed by atoms with Crippen LogP contribution < -0.4 is 0 Å². The first-order valence-electron chi connectivity index (χ1n) is 6.63. The van der Waals surface area contributed by atoms with Gasteiger partial charge >= 0.3 is 0 Å². The maximum Gasteiger partial charge on any atom is 0.274 e. The molecule has 1 saturated heterocycles. The van der Waals surface area contributed by atoms with Crippen molar-refractivity contribution in [1.29, 1.82) is 0 Å². The summed E-state index contributed by atoms with van der Waals surface area (Å²) >= 11 is 6.16. The van der Waals surface area contributed by atoms with E-state index in [-0.39, 0.29) is 23.2 Å². The Morgan fingerprint density at radius 2 is 2.25 bits per heavy atom. The summed E-state index contributed by atoms with van der Waals surface area (Å²) in [7, 11) is 0. The summed E-state index contributed by atoms with van der Waals surface area (Å²) in [6, 6.07) is 5.58. The molecular formula is C14H16ClN3O2. The molecule has 106 valence electrons. The lowest BCUT2D eigenvalue weighted by Crippen LogP contribution is -2.50. The van der Waals surface area contributed by atoms with Crippen LogP contribution in [0.2, 0.25) is 5.15 Å². The minimum atomic E-state index is -0.101. The zero-order valence-corrected chi connectivity index (χ0v) is 12.2. The normalized spacial score (nSPS) is 23.2. The van der Waals surface area contributed by atoms with Crippen molar-refractivity contribution in [1.82, 2.24) is 14.3 Å². The number of hydrogen-bond donors (Lipinski definition) is 0. The Bertz CT molecular complexity index is 655. The van der Waals surface area contributed by atoms with Gasteiger partial charge in [0.15, 0.2) is 10.8 Å². The second-order valence-electron chi connectivity index (χ2n) is 5.13. The topological polar surface area (TPSA) is 46.8 Å². The lowest BCUT2D eigenvalue weighted by molar-refractivity contribution is -0.0389. The molecule has 1 aliphatic heterocycles. The summed E-state index contributed by atoms with van der Waals surface area (Å²) in [6.07, 6.45) is 1.84. The Kier molecular flexibility index (Phi) is 3.40. The van der Waals surface area contributed by atoms with Crippen molar-refractivity contribution >= 4 is 23.2 Å². The highest BCUT2D eigenvalue weighted by Gasteiger charge is 2.31. The minimum Gasteiger partial charge on any atom is -0.375 e. The third-order valence-corrected chi connectivity index (χ3v) is 3.82. The van der Waals surface area contributed by atoms with Crippen LogP contribution >= 0.6 is 11.6 Å². The van der Waals surface area contributed by atoms with Crippen LogP contribution in [0.5, 0.6) is 0 Å². The molecule has 2 aromatic heterocycles. The van der Waals surface area contributed by atoms with Gasteiger partial charge in [-0.25, -0.2) is 4.98 Å². The van der Waals surface area contributed by atoms with Crippen LogP contribution in [-0.4, -0.2) is 45.5 Å². The van der Waals surface area contributed by atoms with Gasteiger partial charge in [-0.05, 0) is 26.0 Å². The van der Waals surface area contributed by atoms with Crippen molar-refractivity contribution in [2.75, 3.05) is 13.2 Å². The highest BCUT2D eigenvalue weighted by molar-refractivity contribution is 6.32. The Balaban J connectivity index is 2.02. The number of fused-ring (bicyclic) bond motifs is 1. The number of aromatic nitrogens is 2. The molecule has 0 spiro atoms. The van der Waals surface area contributed by atoms with E-state index in [0.717, 1.165) is 0 Å². The van der Waals surface area contributed by atoms with Crippen molar-refractivity contribution in [3.63, 3.8) is 0 Å². The number of carbonyl (C=O) groups is 1. The molecule has 0 radical (unpaired) electrons. The monoisotopic (exact) mass is 293 g/mol. The van der Waals surface area contributed by atoms with E-state index in [9.17, 15) is 4.79 Å². The zero-order valence-electron chi connectivity index (χ0n) is 11.4. The number of imidazole rings is 1. The minimum absolute atomic E-state index is 0.0315. The van der Waals surface area contributed by atoms with Crippen molar-refractivity contribution in [2.24, 2.45) is 0 Å². The summed E-state index contributed by atoms with van der Waals surface area (Å²) in [4.78, 5) is 18.8. The number of halogens is 1. The molecule has 3 heterocycles. The number of carbonyl (C=O) groups excluding carboxylic acids is 1. The smallest absolute Gasteiger partial charge is 0.274 e. The van der Waals surface area contributed by atoms with Crippen molar-refractivity contribution < 1.29 is 9.53 Å².